The Bertz CT molecular complexity index is 374. The van der Waals surface area contributed by atoms with E-state index in [1.165, 1.54) is 0 Å². The Morgan fingerprint density at radius 2 is 1.90 bits per heavy atom. The molecule has 1 aliphatic heterocycles. The summed E-state index contributed by atoms with van der Waals surface area (Å²) in [5.41, 5.74) is 0. The van der Waals surface area contributed by atoms with Gasteiger partial charge in [0, 0.05) is 24.1 Å². The molecule has 1 heterocycles. The number of aliphatic carboxylic acids is 1. The fraction of sp³-hybridized carbons (Fsp3) is 0.867. The van der Waals surface area contributed by atoms with Crippen LogP contribution in [0.3, 0.4) is 0 Å². The molecule has 114 valence electrons. The van der Waals surface area contributed by atoms with E-state index >= 15 is 0 Å². The van der Waals surface area contributed by atoms with Crippen molar-refractivity contribution in [3.05, 3.63) is 0 Å². The van der Waals surface area contributed by atoms with E-state index in [1.807, 2.05) is 16.7 Å². The van der Waals surface area contributed by atoms with Gasteiger partial charge in [-0.05, 0) is 25.2 Å². The zero-order valence-electron chi connectivity index (χ0n) is 12.4. The first kappa shape index (κ1) is 15.7. The summed E-state index contributed by atoms with van der Waals surface area (Å²) in [5, 5.41) is 9.88. The average molecular weight is 299 g/mol. The van der Waals surface area contributed by atoms with Crippen molar-refractivity contribution >= 4 is 23.6 Å². The zero-order chi connectivity index (χ0) is 14.7. The number of amides is 1. The fourth-order valence-electron chi connectivity index (χ4n) is 3.42. The van der Waals surface area contributed by atoms with Gasteiger partial charge in [-0.3, -0.25) is 9.59 Å². The number of rotatable bonds is 4. The Kier molecular flexibility index (Phi) is 5.35. The highest BCUT2D eigenvalue weighted by Gasteiger charge is 2.44. The van der Waals surface area contributed by atoms with E-state index < -0.39 is 11.9 Å². The minimum atomic E-state index is -0.794. The molecule has 2 unspecified atom stereocenters. The number of carbonyl (C=O) groups is 2. The molecule has 2 rings (SSSR count). The van der Waals surface area contributed by atoms with Crippen molar-refractivity contribution in [2.75, 3.05) is 18.8 Å². The Labute approximate surface area is 125 Å². The van der Waals surface area contributed by atoms with Crippen molar-refractivity contribution in [1.29, 1.82) is 0 Å². The second-order valence-electron chi connectivity index (χ2n) is 5.98. The van der Waals surface area contributed by atoms with Crippen molar-refractivity contribution in [3.63, 3.8) is 0 Å². The predicted octanol–water partition coefficient (Wildman–Crippen LogP) is 2.48. The van der Waals surface area contributed by atoms with Crippen LogP contribution in [0.1, 0.15) is 39.5 Å². The Balaban J connectivity index is 2.04. The van der Waals surface area contributed by atoms with Crippen LogP contribution in [0.2, 0.25) is 0 Å². The SMILES string of the molecule is CCC1C[C@H](C(=O)N2CCSC(CC)C2)[C@H](C(=O)O)C1. The van der Waals surface area contributed by atoms with Crippen LogP contribution in [0, 0.1) is 17.8 Å². The Morgan fingerprint density at radius 1 is 1.20 bits per heavy atom. The standard InChI is InChI=1S/C15H25NO3S/c1-3-10-7-12(13(8-10)15(18)19)14(17)16-5-6-20-11(4-2)9-16/h10-13H,3-9H2,1-2H3,(H,18,19)/t10?,11?,12-,13+/m0/s1. The second kappa shape index (κ2) is 6.83. The molecule has 0 aromatic rings. The van der Waals surface area contributed by atoms with Gasteiger partial charge in [-0.15, -0.1) is 0 Å². The smallest absolute Gasteiger partial charge is 0.307 e. The van der Waals surface area contributed by atoms with E-state index in [2.05, 4.69) is 13.8 Å². The highest BCUT2D eigenvalue weighted by atomic mass is 32.2. The molecule has 4 atom stereocenters. The summed E-state index contributed by atoms with van der Waals surface area (Å²) in [6, 6.07) is 0. The molecule has 5 heteroatoms. The highest BCUT2D eigenvalue weighted by Crippen LogP contribution is 2.40. The van der Waals surface area contributed by atoms with Gasteiger partial charge < -0.3 is 10.0 Å². The molecule has 1 amide bonds. The summed E-state index contributed by atoms with van der Waals surface area (Å²) >= 11 is 1.93. The number of nitrogens with zero attached hydrogens (tertiary/aromatic N) is 1. The van der Waals surface area contributed by atoms with E-state index in [9.17, 15) is 14.7 Å². The molecule has 1 N–H and O–H groups in total. The summed E-state index contributed by atoms with van der Waals surface area (Å²) < 4.78 is 0. The van der Waals surface area contributed by atoms with E-state index in [-0.39, 0.29) is 11.8 Å². The van der Waals surface area contributed by atoms with Crippen LogP contribution in [0.4, 0.5) is 0 Å². The molecule has 0 bridgehead atoms. The summed E-state index contributed by atoms with van der Waals surface area (Å²) in [6.07, 6.45) is 3.47. The maximum absolute atomic E-state index is 12.7. The van der Waals surface area contributed by atoms with E-state index in [0.717, 1.165) is 38.1 Å². The van der Waals surface area contributed by atoms with Gasteiger partial charge in [0.1, 0.15) is 0 Å². The molecule has 0 radical (unpaired) electrons. The van der Waals surface area contributed by atoms with Crippen LogP contribution in [0.5, 0.6) is 0 Å². The summed E-state index contributed by atoms with van der Waals surface area (Å²) in [6.45, 7) is 5.80. The lowest BCUT2D eigenvalue weighted by molar-refractivity contribution is -0.149. The number of carboxylic acids is 1. The van der Waals surface area contributed by atoms with Gasteiger partial charge in [0.2, 0.25) is 5.91 Å². The first-order valence-corrected chi connectivity index (χ1v) is 8.74. The summed E-state index contributed by atoms with van der Waals surface area (Å²) in [4.78, 5) is 26.0. The van der Waals surface area contributed by atoms with Gasteiger partial charge in [-0.25, -0.2) is 0 Å². The molecule has 0 aromatic heterocycles. The summed E-state index contributed by atoms with van der Waals surface area (Å²) in [7, 11) is 0. The maximum atomic E-state index is 12.7. The van der Waals surface area contributed by atoms with Crippen LogP contribution < -0.4 is 0 Å². The second-order valence-corrected chi connectivity index (χ2v) is 7.39. The number of hydrogen-bond donors (Lipinski definition) is 1. The number of carboxylic acid groups (broad SMARTS) is 1. The van der Waals surface area contributed by atoms with Gasteiger partial charge in [0.15, 0.2) is 0 Å². The van der Waals surface area contributed by atoms with Gasteiger partial charge in [-0.2, -0.15) is 11.8 Å². The van der Waals surface area contributed by atoms with Gasteiger partial charge in [-0.1, -0.05) is 20.3 Å². The quantitative estimate of drug-likeness (QED) is 0.866. The van der Waals surface area contributed by atoms with Crippen LogP contribution >= 0.6 is 11.8 Å². The van der Waals surface area contributed by atoms with Crippen molar-refractivity contribution in [3.8, 4) is 0 Å². The number of thioether (sulfide) groups is 1. The van der Waals surface area contributed by atoms with Crippen LogP contribution in [-0.2, 0) is 9.59 Å². The van der Waals surface area contributed by atoms with Gasteiger partial charge >= 0.3 is 5.97 Å². The van der Waals surface area contributed by atoms with Crippen molar-refractivity contribution in [1.82, 2.24) is 4.90 Å². The Morgan fingerprint density at radius 3 is 2.50 bits per heavy atom. The molecule has 4 nitrogen and oxygen atoms in total. The van der Waals surface area contributed by atoms with E-state index in [4.69, 9.17) is 0 Å². The third-order valence-corrected chi connectivity index (χ3v) is 6.15. The van der Waals surface area contributed by atoms with Gasteiger partial charge in [0.05, 0.1) is 11.8 Å². The largest absolute Gasteiger partial charge is 0.481 e. The molecule has 0 spiro atoms. The predicted molar refractivity (Wildman–Crippen MR) is 80.7 cm³/mol. The summed E-state index contributed by atoms with van der Waals surface area (Å²) in [5.74, 6) is -0.0949. The van der Waals surface area contributed by atoms with Gasteiger partial charge in [0.25, 0.3) is 0 Å². The van der Waals surface area contributed by atoms with Crippen molar-refractivity contribution < 1.29 is 14.7 Å². The fourth-order valence-corrected chi connectivity index (χ4v) is 4.60. The average Bonchev–Trinajstić information content (AvgIpc) is 2.91. The lowest BCUT2D eigenvalue weighted by Gasteiger charge is -2.34. The molecule has 0 aromatic carbocycles. The third-order valence-electron chi connectivity index (χ3n) is 4.78. The first-order valence-electron chi connectivity index (χ1n) is 7.69. The molecule has 1 saturated heterocycles. The monoisotopic (exact) mass is 299 g/mol. The van der Waals surface area contributed by atoms with Crippen LogP contribution in [0.15, 0.2) is 0 Å². The van der Waals surface area contributed by atoms with E-state index in [0.29, 0.717) is 17.6 Å². The number of carbonyl (C=O) groups excluding carboxylic acids is 1. The van der Waals surface area contributed by atoms with Crippen LogP contribution in [-0.4, -0.2) is 46.0 Å². The molecular weight excluding hydrogens is 274 g/mol. The number of hydrogen-bond acceptors (Lipinski definition) is 3. The minimum absolute atomic E-state index is 0.0899. The molecule has 2 fully saturated rings. The molecule has 1 saturated carbocycles. The normalized spacial score (nSPS) is 34.2. The lowest BCUT2D eigenvalue weighted by Crippen LogP contribution is -2.46. The van der Waals surface area contributed by atoms with Crippen molar-refractivity contribution in [2.45, 2.75) is 44.8 Å². The zero-order valence-corrected chi connectivity index (χ0v) is 13.2. The molecule has 2 aliphatic rings. The van der Waals surface area contributed by atoms with Crippen LogP contribution in [0.25, 0.3) is 0 Å². The molecule has 20 heavy (non-hydrogen) atoms. The minimum Gasteiger partial charge on any atom is -0.481 e. The molecular formula is C15H25NO3S. The van der Waals surface area contributed by atoms with E-state index in [1.54, 1.807) is 0 Å². The third kappa shape index (κ3) is 3.30. The Hall–Kier alpha value is -0.710. The molecule has 1 aliphatic carbocycles. The first-order chi connectivity index (χ1) is 9.56. The maximum Gasteiger partial charge on any atom is 0.307 e. The highest BCUT2D eigenvalue weighted by molar-refractivity contribution is 8.00. The lowest BCUT2D eigenvalue weighted by atomic mass is 9.94. The topological polar surface area (TPSA) is 57.6 Å². The van der Waals surface area contributed by atoms with Crippen molar-refractivity contribution in [2.24, 2.45) is 17.8 Å².